The molecule has 1 N–H and O–H groups in total. The Morgan fingerprint density at radius 1 is 1.32 bits per heavy atom. The number of carbonyl (C=O) groups excluding carboxylic acids is 1. The summed E-state index contributed by atoms with van der Waals surface area (Å²) >= 11 is 0. The minimum atomic E-state index is -0.0828. The molecule has 1 aromatic rings. The van der Waals surface area contributed by atoms with Gasteiger partial charge in [0.15, 0.2) is 0 Å². The summed E-state index contributed by atoms with van der Waals surface area (Å²) in [6, 6.07) is 4.39. The van der Waals surface area contributed by atoms with Crippen LogP contribution in [0.15, 0.2) is 24.5 Å². The van der Waals surface area contributed by atoms with Gasteiger partial charge < -0.3 is 10.1 Å². The molecule has 0 unspecified atom stereocenters. The van der Waals surface area contributed by atoms with E-state index < -0.39 is 0 Å². The van der Waals surface area contributed by atoms with Crippen molar-refractivity contribution in [2.45, 2.75) is 45.6 Å². The van der Waals surface area contributed by atoms with Crippen LogP contribution in [0.1, 0.15) is 51.1 Å². The van der Waals surface area contributed by atoms with E-state index in [0.29, 0.717) is 19.1 Å². The fourth-order valence-corrected chi connectivity index (χ4v) is 1.89. The first kappa shape index (κ1) is 15.6. The molecule has 0 spiro atoms. The lowest BCUT2D eigenvalue weighted by Gasteiger charge is -2.13. The van der Waals surface area contributed by atoms with E-state index in [9.17, 15) is 4.79 Å². The predicted molar refractivity (Wildman–Crippen MR) is 75.8 cm³/mol. The van der Waals surface area contributed by atoms with E-state index in [-0.39, 0.29) is 5.97 Å². The third-order valence-corrected chi connectivity index (χ3v) is 3.02. The molecular weight excluding hydrogens is 240 g/mol. The molecule has 0 aromatic carbocycles. The molecule has 1 heterocycles. The number of rotatable bonds is 9. The second kappa shape index (κ2) is 9.50. The van der Waals surface area contributed by atoms with Crippen LogP contribution in [0.5, 0.6) is 0 Å². The Hall–Kier alpha value is -1.42. The average Bonchev–Trinajstić information content (AvgIpc) is 2.43. The van der Waals surface area contributed by atoms with Gasteiger partial charge in [0, 0.05) is 24.9 Å². The van der Waals surface area contributed by atoms with Gasteiger partial charge in [-0.25, -0.2) is 0 Å². The molecule has 0 bridgehead atoms. The Balaban J connectivity index is 2.03. The molecule has 0 aliphatic rings. The normalized spacial score (nSPS) is 12.1. The summed E-state index contributed by atoms with van der Waals surface area (Å²) in [6.07, 6.45) is 7.20. The van der Waals surface area contributed by atoms with E-state index in [1.165, 1.54) is 5.56 Å². The van der Waals surface area contributed by atoms with Crippen LogP contribution in [-0.4, -0.2) is 24.1 Å². The van der Waals surface area contributed by atoms with Crippen molar-refractivity contribution in [2.24, 2.45) is 0 Å². The number of aromatic nitrogens is 1. The highest BCUT2D eigenvalue weighted by molar-refractivity contribution is 5.69. The standard InChI is InChI=1S/C15H24N2O2/c1-3-19-15(18)7-5-4-6-10-17-13(2)14-8-11-16-12-9-14/h8-9,11-13,17H,3-7,10H2,1-2H3/t13-/m0/s1. The van der Waals surface area contributed by atoms with Gasteiger partial charge in [0.2, 0.25) is 0 Å². The Morgan fingerprint density at radius 2 is 2.05 bits per heavy atom. The maximum atomic E-state index is 11.1. The van der Waals surface area contributed by atoms with Crippen LogP contribution in [0.4, 0.5) is 0 Å². The van der Waals surface area contributed by atoms with Gasteiger partial charge in [-0.05, 0) is 50.9 Å². The lowest BCUT2D eigenvalue weighted by molar-refractivity contribution is -0.143. The van der Waals surface area contributed by atoms with Crippen molar-refractivity contribution in [3.05, 3.63) is 30.1 Å². The lowest BCUT2D eigenvalue weighted by atomic mass is 10.1. The summed E-state index contributed by atoms with van der Waals surface area (Å²) in [4.78, 5) is 15.1. The maximum Gasteiger partial charge on any atom is 0.305 e. The number of nitrogens with zero attached hydrogens (tertiary/aromatic N) is 1. The zero-order valence-electron chi connectivity index (χ0n) is 11.9. The number of hydrogen-bond donors (Lipinski definition) is 1. The monoisotopic (exact) mass is 264 g/mol. The van der Waals surface area contributed by atoms with Gasteiger partial charge in [0.1, 0.15) is 0 Å². The number of carbonyl (C=O) groups is 1. The van der Waals surface area contributed by atoms with Crippen LogP contribution < -0.4 is 5.32 Å². The van der Waals surface area contributed by atoms with Crippen LogP contribution in [0.25, 0.3) is 0 Å². The first-order valence-electron chi connectivity index (χ1n) is 7.03. The molecule has 1 rings (SSSR count). The molecule has 4 heteroatoms. The summed E-state index contributed by atoms with van der Waals surface area (Å²) in [5, 5.41) is 3.47. The van der Waals surface area contributed by atoms with Crippen LogP contribution in [0.3, 0.4) is 0 Å². The van der Waals surface area contributed by atoms with E-state index in [2.05, 4.69) is 17.2 Å². The molecule has 0 saturated carbocycles. The van der Waals surface area contributed by atoms with Crippen molar-refractivity contribution < 1.29 is 9.53 Å². The lowest BCUT2D eigenvalue weighted by Crippen LogP contribution is -2.19. The van der Waals surface area contributed by atoms with Gasteiger partial charge in [-0.15, -0.1) is 0 Å². The molecule has 19 heavy (non-hydrogen) atoms. The summed E-state index contributed by atoms with van der Waals surface area (Å²) in [5.41, 5.74) is 1.25. The summed E-state index contributed by atoms with van der Waals surface area (Å²) in [7, 11) is 0. The number of esters is 1. The summed E-state index contributed by atoms with van der Waals surface area (Å²) in [5.74, 6) is -0.0828. The number of unbranched alkanes of at least 4 members (excludes halogenated alkanes) is 2. The molecule has 0 fully saturated rings. The van der Waals surface area contributed by atoms with Gasteiger partial charge in [0.05, 0.1) is 6.61 Å². The van der Waals surface area contributed by atoms with Gasteiger partial charge in [-0.2, -0.15) is 0 Å². The molecule has 0 saturated heterocycles. The maximum absolute atomic E-state index is 11.1. The van der Waals surface area contributed by atoms with Crippen molar-refractivity contribution in [2.75, 3.05) is 13.2 Å². The number of pyridine rings is 1. The summed E-state index contributed by atoms with van der Waals surface area (Å²) < 4.78 is 4.88. The highest BCUT2D eigenvalue weighted by Crippen LogP contribution is 2.10. The van der Waals surface area contributed by atoms with Crippen LogP contribution in [0, 0.1) is 0 Å². The van der Waals surface area contributed by atoms with E-state index in [1.54, 1.807) is 0 Å². The molecule has 106 valence electrons. The third-order valence-electron chi connectivity index (χ3n) is 3.02. The number of ether oxygens (including phenoxy) is 1. The zero-order valence-corrected chi connectivity index (χ0v) is 11.9. The van der Waals surface area contributed by atoms with E-state index in [4.69, 9.17) is 4.74 Å². The second-order valence-electron chi connectivity index (χ2n) is 4.57. The number of nitrogens with one attached hydrogen (secondary N) is 1. The van der Waals surface area contributed by atoms with Crippen molar-refractivity contribution in [1.82, 2.24) is 10.3 Å². The van der Waals surface area contributed by atoms with Gasteiger partial charge in [-0.3, -0.25) is 9.78 Å². The Labute approximate surface area is 115 Å². The number of hydrogen-bond acceptors (Lipinski definition) is 4. The first-order chi connectivity index (χ1) is 9.24. The first-order valence-corrected chi connectivity index (χ1v) is 7.03. The largest absolute Gasteiger partial charge is 0.466 e. The average molecular weight is 264 g/mol. The molecular formula is C15H24N2O2. The van der Waals surface area contributed by atoms with Crippen molar-refractivity contribution >= 4 is 5.97 Å². The Kier molecular flexibility index (Phi) is 7.82. The molecule has 0 radical (unpaired) electrons. The van der Waals surface area contributed by atoms with Crippen LogP contribution in [0.2, 0.25) is 0 Å². The van der Waals surface area contributed by atoms with Gasteiger partial charge >= 0.3 is 5.97 Å². The highest BCUT2D eigenvalue weighted by atomic mass is 16.5. The molecule has 4 nitrogen and oxygen atoms in total. The zero-order chi connectivity index (χ0) is 13.9. The molecule has 0 aliphatic carbocycles. The van der Waals surface area contributed by atoms with Crippen molar-refractivity contribution in [3.63, 3.8) is 0 Å². The Morgan fingerprint density at radius 3 is 2.74 bits per heavy atom. The van der Waals surface area contributed by atoms with Gasteiger partial charge in [-0.1, -0.05) is 6.42 Å². The van der Waals surface area contributed by atoms with Crippen LogP contribution in [-0.2, 0) is 9.53 Å². The van der Waals surface area contributed by atoms with E-state index in [1.807, 2.05) is 31.5 Å². The smallest absolute Gasteiger partial charge is 0.305 e. The summed E-state index contributed by atoms with van der Waals surface area (Å²) in [6.45, 7) is 5.42. The third kappa shape index (κ3) is 6.91. The van der Waals surface area contributed by atoms with Crippen LogP contribution >= 0.6 is 0 Å². The molecule has 0 aliphatic heterocycles. The highest BCUT2D eigenvalue weighted by Gasteiger charge is 2.04. The second-order valence-corrected chi connectivity index (χ2v) is 4.57. The van der Waals surface area contributed by atoms with Crippen molar-refractivity contribution in [1.29, 1.82) is 0 Å². The SMILES string of the molecule is CCOC(=O)CCCCCN[C@@H](C)c1ccncc1. The fraction of sp³-hybridized carbons (Fsp3) is 0.600. The molecule has 0 amide bonds. The predicted octanol–water partition coefficient (Wildman–Crippen LogP) is 2.86. The minimum absolute atomic E-state index is 0.0828. The molecule has 1 aromatic heterocycles. The van der Waals surface area contributed by atoms with E-state index in [0.717, 1.165) is 25.8 Å². The van der Waals surface area contributed by atoms with E-state index >= 15 is 0 Å². The Bertz CT molecular complexity index is 354. The van der Waals surface area contributed by atoms with Crippen molar-refractivity contribution in [3.8, 4) is 0 Å². The fourth-order valence-electron chi connectivity index (χ4n) is 1.89. The minimum Gasteiger partial charge on any atom is -0.466 e. The topological polar surface area (TPSA) is 51.2 Å². The quantitative estimate of drug-likeness (QED) is 0.550. The van der Waals surface area contributed by atoms with Gasteiger partial charge in [0.25, 0.3) is 0 Å². The molecule has 1 atom stereocenters.